The molecule has 1 atom stereocenters. The molecule has 3 aromatic rings. The number of halogens is 1. The minimum Gasteiger partial charge on any atom is -0.493 e. The van der Waals surface area contributed by atoms with E-state index >= 15 is 0 Å². The number of carbonyl (C=O) groups is 2. The summed E-state index contributed by atoms with van der Waals surface area (Å²) in [5.41, 5.74) is 1.73. The Morgan fingerprint density at radius 2 is 1.85 bits per heavy atom. The Bertz CT molecular complexity index is 1180. The highest BCUT2D eigenvalue weighted by atomic mass is 32.1. The molecule has 1 aromatic heterocycles. The molecule has 2 heterocycles. The van der Waals surface area contributed by atoms with Gasteiger partial charge in [-0.1, -0.05) is 12.1 Å². The number of methoxy groups -OCH3 is 2. The van der Waals surface area contributed by atoms with Crippen LogP contribution in [0.4, 0.5) is 4.39 Å². The molecule has 33 heavy (non-hydrogen) atoms. The standard InChI is InChI=1S/C24H21FN2O5S/c1-30-20-10-7-16(12-21(20)31-2)19-13-18(22-4-3-11-33-22)26-27(19)23(28)14-32-24(29)15-5-8-17(25)9-6-15/h3-12,19H,13-14H2,1-2H3/t19-/m0/s1. The van der Waals surface area contributed by atoms with E-state index in [0.717, 1.165) is 28.3 Å². The van der Waals surface area contributed by atoms with Crippen LogP contribution < -0.4 is 9.47 Å². The largest absolute Gasteiger partial charge is 0.493 e. The second kappa shape index (κ2) is 9.83. The summed E-state index contributed by atoms with van der Waals surface area (Å²) in [5.74, 6) is -0.545. The number of esters is 1. The number of rotatable bonds is 7. The summed E-state index contributed by atoms with van der Waals surface area (Å²) in [5, 5.41) is 7.83. The zero-order valence-electron chi connectivity index (χ0n) is 18.0. The van der Waals surface area contributed by atoms with Crippen LogP contribution in [0.3, 0.4) is 0 Å². The number of hydrogen-bond donors (Lipinski definition) is 0. The molecule has 0 aliphatic carbocycles. The number of hydrazone groups is 1. The maximum Gasteiger partial charge on any atom is 0.338 e. The molecule has 1 aliphatic heterocycles. The lowest BCUT2D eigenvalue weighted by atomic mass is 10.0. The van der Waals surface area contributed by atoms with Crippen molar-refractivity contribution in [3.05, 3.63) is 81.8 Å². The molecule has 1 aliphatic rings. The van der Waals surface area contributed by atoms with Crippen molar-refractivity contribution in [2.45, 2.75) is 12.5 Å². The SMILES string of the molecule is COc1ccc([C@@H]2CC(c3cccs3)=NN2C(=O)COC(=O)c2ccc(F)cc2)cc1OC. The van der Waals surface area contributed by atoms with Crippen molar-refractivity contribution in [3.8, 4) is 11.5 Å². The van der Waals surface area contributed by atoms with E-state index in [1.54, 1.807) is 26.4 Å². The van der Waals surface area contributed by atoms with Crippen LogP contribution in [0.5, 0.6) is 11.5 Å². The summed E-state index contributed by atoms with van der Waals surface area (Å²) in [4.78, 5) is 26.3. The van der Waals surface area contributed by atoms with Gasteiger partial charge in [0.25, 0.3) is 5.91 Å². The normalized spacial score (nSPS) is 15.2. The van der Waals surface area contributed by atoms with E-state index in [1.807, 2.05) is 23.6 Å². The van der Waals surface area contributed by atoms with Gasteiger partial charge in [0.15, 0.2) is 18.1 Å². The highest BCUT2D eigenvalue weighted by molar-refractivity contribution is 7.12. The third-order valence-corrected chi connectivity index (χ3v) is 6.09. The molecule has 0 bridgehead atoms. The van der Waals surface area contributed by atoms with Crippen molar-refractivity contribution in [3.63, 3.8) is 0 Å². The molecule has 170 valence electrons. The number of thiophene rings is 1. The van der Waals surface area contributed by atoms with E-state index in [-0.39, 0.29) is 5.56 Å². The second-order valence-electron chi connectivity index (χ2n) is 7.18. The molecular formula is C24H21FN2O5S. The minimum absolute atomic E-state index is 0.157. The Balaban J connectivity index is 1.56. The van der Waals surface area contributed by atoms with Crippen LogP contribution in [0, 0.1) is 5.82 Å². The first-order valence-corrected chi connectivity index (χ1v) is 11.0. The van der Waals surface area contributed by atoms with Crippen molar-refractivity contribution in [1.82, 2.24) is 5.01 Å². The van der Waals surface area contributed by atoms with Crippen LogP contribution in [-0.2, 0) is 9.53 Å². The summed E-state index contributed by atoms with van der Waals surface area (Å²) in [6.45, 7) is -0.499. The van der Waals surface area contributed by atoms with Gasteiger partial charge in [0.1, 0.15) is 5.82 Å². The van der Waals surface area contributed by atoms with Gasteiger partial charge in [0, 0.05) is 6.42 Å². The highest BCUT2D eigenvalue weighted by Crippen LogP contribution is 2.37. The van der Waals surface area contributed by atoms with Crippen molar-refractivity contribution in [1.29, 1.82) is 0 Å². The Morgan fingerprint density at radius 3 is 2.52 bits per heavy atom. The van der Waals surface area contributed by atoms with Gasteiger partial charge in [-0.2, -0.15) is 5.10 Å². The van der Waals surface area contributed by atoms with Gasteiger partial charge in [-0.15, -0.1) is 11.3 Å². The monoisotopic (exact) mass is 468 g/mol. The van der Waals surface area contributed by atoms with Crippen LogP contribution in [0.25, 0.3) is 0 Å². The number of hydrogen-bond acceptors (Lipinski definition) is 7. The topological polar surface area (TPSA) is 77.4 Å². The van der Waals surface area contributed by atoms with Crippen LogP contribution in [-0.4, -0.2) is 43.4 Å². The Morgan fingerprint density at radius 1 is 1.09 bits per heavy atom. The third-order valence-electron chi connectivity index (χ3n) is 5.17. The van der Waals surface area contributed by atoms with E-state index in [1.165, 1.54) is 28.5 Å². The van der Waals surface area contributed by atoms with E-state index in [4.69, 9.17) is 14.2 Å². The summed E-state index contributed by atoms with van der Waals surface area (Å²) < 4.78 is 29.0. The van der Waals surface area contributed by atoms with Gasteiger partial charge in [-0.25, -0.2) is 14.2 Å². The number of ether oxygens (including phenoxy) is 3. The molecule has 2 aromatic carbocycles. The minimum atomic E-state index is -0.715. The van der Waals surface area contributed by atoms with E-state index in [0.29, 0.717) is 17.9 Å². The summed E-state index contributed by atoms with van der Waals surface area (Å²) in [6, 6.07) is 13.8. The average Bonchev–Trinajstić information content (AvgIpc) is 3.52. The van der Waals surface area contributed by atoms with Gasteiger partial charge in [-0.3, -0.25) is 4.79 Å². The smallest absolute Gasteiger partial charge is 0.338 e. The molecule has 0 fully saturated rings. The second-order valence-corrected chi connectivity index (χ2v) is 8.13. The fourth-order valence-electron chi connectivity index (χ4n) is 3.51. The molecule has 0 saturated carbocycles. The van der Waals surface area contributed by atoms with Crippen LogP contribution in [0.1, 0.15) is 33.3 Å². The zero-order valence-corrected chi connectivity index (χ0v) is 18.8. The van der Waals surface area contributed by atoms with Crippen LogP contribution in [0.2, 0.25) is 0 Å². The predicted octanol–water partition coefficient (Wildman–Crippen LogP) is 4.44. The molecule has 0 saturated heterocycles. The van der Waals surface area contributed by atoms with Gasteiger partial charge in [0.05, 0.1) is 36.4 Å². The summed E-state index contributed by atoms with van der Waals surface area (Å²) in [6.07, 6.45) is 0.494. The van der Waals surface area contributed by atoms with E-state index in [9.17, 15) is 14.0 Å². The van der Waals surface area contributed by atoms with E-state index in [2.05, 4.69) is 5.10 Å². The summed E-state index contributed by atoms with van der Waals surface area (Å²) in [7, 11) is 3.10. The quantitative estimate of drug-likeness (QED) is 0.479. The Labute approximate surface area is 194 Å². The lowest BCUT2D eigenvalue weighted by Gasteiger charge is -2.22. The zero-order chi connectivity index (χ0) is 23.4. The van der Waals surface area contributed by atoms with Gasteiger partial charge in [0.2, 0.25) is 0 Å². The first-order chi connectivity index (χ1) is 16.0. The average molecular weight is 469 g/mol. The van der Waals surface area contributed by atoms with Crippen LogP contribution in [0.15, 0.2) is 65.1 Å². The van der Waals surface area contributed by atoms with Crippen LogP contribution >= 0.6 is 11.3 Å². The summed E-state index contributed by atoms with van der Waals surface area (Å²) >= 11 is 1.53. The fraction of sp³-hybridized carbons (Fsp3) is 0.208. The Kier molecular flexibility index (Phi) is 6.69. The molecule has 1 amide bonds. The first kappa shape index (κ1) is 22.5. The number of nitrogens with zero attached hydrogens (tertiary/aromatic N) is 2. The molecule has 4 rings (SSSR count). The van der Waals surface area contributed by atoms with Crippen molar-refractivity contribution >= 4 is 28.9 Å². The van der Waals surface area contributed by atoms with Crippen molar-refractivity contribution in [2.24, 2.45) is 5.10 Å². The molecule has 7 nitrogen and oxygen atoms in total. The van der Waals surface area contributed by atoms with Gasteiger partial charge >= 0.3 is 5.97 Å². The molecular weight excluding hydrogens is 447 g/mol. The fourth-order valence-corrected chi connectivity index (χ4v) is 4.24. The van der Waals surface area contributed by atoms with Crippen molar-refractivity contribution in [2.75, 3.05) is 20.8 Å². The predicted molar refractivity (Wildman–Crippen MR) is 121 cm³/mol. The van der Waals surface area contributed by atoms with E-state index < -0.39 is 30.3 Å². The lowest BCUT2D eigenvalue weighted by molar-refractivity contribution is -0.136. The lowest BCUT2D eigenvalue weighted by Crippen LogP contribution is -2.31. The van der Waals surface area contributed by atoms with Gasteiger partial charge in [-0.05, 0) is 53.4 Å². The highest BCUT2D eigenvalue weighted by Gasteiger charge is 2.34. The van der Waals surface area contributed by atoms with Crippen molar-refractivity contribution < 1.29 is 28.2 Å². The number of carbonyl (C=O) groups excluding carboxylic acids is 2. The number of benzene rings is 2. The molecule has 0 N–H and O–H groups in total. The first-order valence-electron chi connectivity index (χ1n) is 10.1. The maximum absolute atomic E-state index is 13.1. The number of amides is 1. The molecule has 0 unspecified atom stereocenters. The molecule has 9 heteroatoms. The third kappa shape index (κ3) is 4.88. The molecule has 0 spiro atoms. The molecule has 0 radical (unpaired) electrons. The maximum atomic E-state index is 13.1. The van der Waals surface area contributed by atoms with Gasteiger partial charge < -0.3 is 14.2 Å². The Hall–Kier alpha value is -3.72.